The van der Waals surface area contributed by atoms with E-state index in [1.807, 2.05) is 31.7 Å². The second kappa shape index (κ2) is 9.47. The van der Waals surface area contributed by atoms with Gasteiger partial charge < -0.3 is 15.5 Å². The van der Waals surface area contributed by atoms with E-state index in [9.17, 15) is 9.59 Å². The monoisotopic (exact) mass is 453 g/mol. The van der Waals surface area contributed by atoms with Crippen molar-refractivity contribution in [2.45, 2.75) is 39.5 Å². The van der Waals surface area contributed by atoms with Crippen molar-refractivity contribution in [3.63, 3.8) is 0 Å². The second-order valence-electron chi connectivity index (χ2n) is 7.84. The summed E-state index contributed by atoms with van der Waals surface area (Å²) in [5.74, 6) is 0.554. The fraction of sp³-hybridized carbons (Fsp3) is 0.409. The number of carbonyl (C=O) groups is 2. The van der Waals surface area contributed by atoms with Gasteiger partial charge in [-0.2, -0.15) is 5.10 Å². The lowest BCUT2D eigenvalue weighted by molar-refractivity contribution is 0.102. The molecule has 3 aromatic heterocycles. The molecule has 32 heavy (non-hydrogen) atoms. The van der Waals surface area contributed by atoms with Gasteiger partial charge >= 0.3 is 6.03 Å². The summed E-state index contributed by atoms with van der Waals surface area (Å²) < 4.78 is 1.72. The van der Waals surface area contributed by atoms with Crippen molar-refractivity contribution in [2.24, 2.45) is 0 Å². The highest BCUT2D eigenvalue weighted by Gasteiger charge is 2.26. The summed E-state index contributed by atoms with van der Waals surface area (Å²) in [5, 5.41) is 13.0. The molecule has 3 aromatic rings. The Kier molecular flexibility index (Phi) is 6.50. The molecule has 3 amide bonds. The number of carbonyl (C=O) groups excluding carboxylic acids is 2. The molecular weight excluding hydrogens is 426 g/mol. The van der Waals surface area contributed by atoms with Crippen LogP contribution in [0.1, 0.15) is 52.6 Å². The first-order chi connectivity index (χ1) is 15.5. The number of thiazole rings is 1. The van der Waals surface area contributed by atoms with E-state index in [1.54, 1.807) is 28.4 Å². The van der Waals surface area contributed by atoms with Crippen LogP contribution in [0.2, 0.25) is 0 Å². The topological polar surface area (TPSA) is 105 Å². The lowest BCUT2D eigenvalue weighted by Crippen LogP contribution is -2.44. The third kappa shape index (κ3) is 4.64. The summed E-state index contributed by atoms with van der Waals surface area (Å²) >= 11 is 1.50. The Morgan fingerprint density at radius 1 is 1.25 bits per heavy atom. The summed E-state index contributed by atoms with van der Waals surface area (Å²) in [6.07, 6.45) is 3.36. The zero-order valence-corrected chi connectivity index (χ0v) is 19.3. The number of pyridine rings is 1. The van der Waals surface area contributed by atoms with Crippen LogP contribution in [0.15, 0.2) is 29.8 Å². The number of nitrogens with zero attached hydrogens (tertiary/aromatic N) is 5. The van der Waals surface area contributed by atoms with E-state index in [0.29, 0.717) is 36.8 Å². The molecule has 168 valence electrons. The van der Waals surface area contributed by atoms with Crippen molar-refractivity contribution >= 4 is 29.0 Å². The smallest absolute Gasteiger partial charge is 0.317 e. The van der Waals surface area contributed by atoms with Gasteiger partial charge in [0.25, 0.3) is 5.91 Å². The molecule has 0 saturated carbocycles. The van der Waals surface area contributed by atoms with E-state index in [2.05, 4.69) is 25.7 Å². The summed E-state index contributed by atoms with van der Waals surface area (Å²) in [6.45, 7) is 7.80. The maximum atomic E-state index is 12.9. The predicted octanol–water partition coefficient (Wildman–Crippen LogP) is 3.50. The molecule has 0 bridgehead atoms. The van der Waals surface area contributed by atoms with E-state index < -0.39 is 0 Å². The van der Waals surface area contributed by atoms with E-state index in [0.717, 1.165) is 29.2 Å². The predicted molar refractivity (Wildman–Crippen MR) is 124 cm³/mol. The van der Waals surface area contributed by atoms with Crippen molar-refractivity contribution in [3.8, 4) is 5.82 Å². The average Bonchev–Trinajstić information content (AvgIpc) is 3.41. The van der Waals surface area contributed by atoms with Gasteiger partial charge in [0, 0.05) is 42.8 Å². The molecule has 9 nitrogen and oxygen atoms in total. The van der Waals surface area contributed by atoms with Gasteiger partial charge in [-0.15, -0.1) is 11.3 Å². The first-order valence-electron chi connectivity index (χ1n) is 10.7. The number of anilines is 1. The Hall–Kier alpha value is -3.27. The van der Waals surface area contributed by atoms with E-state index >= 15 is 0 Å². The first-order valence-corrected chi connectivity index (χ1v) is 11.6. The average molecular weight is 454 g/mol. The van der Waals surface area contributed by atoms with Gasteiger partial charge in [0.2, 0.25) is 0 Å². The zero-order valence-electron chi connectivity index (χ0n) is 18.5. The van der Waals surface area contributed by atoms with Crippen LogP contribution in [0.25, 0.3) is 5.82 Å². The lowest BCUT2D eigenvalue weighted by Gasteiger charge is -2.31. The molecule has 0 radical (unpaired) electrons. The number of likely N-dealkylation sites (tertiary alicyclic amines) is 1. The van der Waals surface area contributed by atoms with Crippen LogP contribution >= 0.6 is 11.3 Å². The molecule has 1 aliphatic rings. The number of piperidine rings is 1. The molecule has 0 atom stereocenters. The molecule has 0 aliphatic carbocycles. The third-order valence-electron chi connectivity index (χ3n) is 5.46. The number of rotatable bonds is 5. The summed E-state index contributed by atoms with van der Waals surface area (Å²) in [6, 6.07) is 5.53. The van der Waals surface area contributed by atoms with Gasteiger partial charge in [-0.1, -0.05) is 0 Å². The number of amides is 3. The minimum absolute atomic E-state index is 0.0138. The molecule has 0 spiro atoms. The molecule has 0 aromatic carbocycles. The Morgan fingerprint density at radius 2 is 2.03 bits per heavy atom. The van der Waals surface area contributed by atoms with E-state index in [4.69, 9.17) is 0 Å². The quantitative estimate of drug-likeness (QED) is 0.615. The molecule has 1 fully saturated rings. The number of hydrogen-bond acceptors (Lipinski definition) is 6. The van der Waals surface area contributed by atoms with E-state index in [1.165, 1.54) is 11.3 Å². The maximum absolute atomic E-state index is 12.9. The molecule has 0 unspecified atom stereocenters. The SMILES string of the molecule is CCNC(=O)N1CCC(c2nc(C(=O)Nc3cccnc3-n3nc(C)cc3C)cs2)CC1. The molecule has 4 rings (SSSR count). The Balaban J connectivity index is 1.44. The summed E-state index contributed by atoms with van der Waals surface area (Å²) in [4.78, 5) is 35.8. The zero-order chi connectivity index (χ0) is 22.7. The highest BCUT2D eigenvalue weighted by Crippen LogP contribution is 2.30. The molecule has 1 saturated heterocycles. The molecule has 10 heteroatoms. The van der Waals surface area contributed by atoms with Gasteiger partial charge in [-0.25, -0.2) is 19.4 Å². The molecule has 1 aliphatic heterocycles. The molecule has 4 heterocycles. The molecular formula is C22H27N7O2S. The fourth-order valence-corrected chi connectivity index (χ4v) is 4.84. The van der Waals surface area contributed by atoms with Crippen LogP contribution < -0.4 is 10.6 Å². The normalized spacial score (nSPS) is 14.4. The van der Waals surface area contributed by atoms with Crippen LogP contribution in [-0.4, -0.2) is 56.2 Å². The van der Waals surface area contributed by atoms with Crippen LogP contribution in [0.3, 0.4) is 0 Å². The molecule has 2 N–H and O–H groups in total. The van der Waals surface area contributed by atoms with Crippen LogP contribution in [0.5, 0.6) is 0 Å². The Morgan fingerprint density at radius 3 is 2.72 bits per heavy atom. The number of aryl methyl sites for hydroxylation is 2. The van der Waals surface area contributed by atoms with Crippen LogP contribution in [0, 0.1) is 13.8 Å². The Labute approximate surface area is 190 Å². The number of aromatic nitrogens is 4. The fourth-order valence-electron chi connectivity index (χ4n) is 3.86. The van der Waals surface area contributed by atoms with E-state index in [-0.39, 0.29) is 17.9 Å². The van der Waals surface area contributed by atoms with Crippen molar-refractivity contribution in [1.82, 2.24) is 30.0 Å². The summed E-state index contributed by atoms with van der Waals surface area (Å²) in [7, 11) is 0. The van der Waals surface area contributed by atoms with Gasteiger partial charge in [-0.05, 0) is 51.8 Å². The van der Waals surface area contributed by atoms with Crippen molar-refractivity contribution in [1.29, 1.82) is 0 Å². The van der Waals surface area contributed by atoms with Crippen molar-refractivity contribution < 1.29 is 9.59 Å². The van der Waals surface area contributed by atoms with Gasteiger partial charge in [-0.3, -0.25) is 4.79 Å². The van der Waals surface area contributed by atoms with Crippen molar-refractivity contribution in [2.75, 3.05) is 25.0 Å². The minimum Gasteiger partial charge on any atom is -0.338 e. The minimum atomic E-state index is -0.275. The number of urea groups is 1. The van der Waals surface area contributed by atoms with Gasteiger partial charge in [0.15, 0.2) is 5.82 Å². The third-order valence-corrected chi connectivity index (χ3v) is 6.47. The number of hydrogen-bond donors (Lipinski definition) is 2. The van der Waals surface area contributed by atoms with Gasteiger partial charge in [0.1, 0.15) is 5.69 Å². The summed E-state index contributed by atoms with van der Waals surface area (Å²) in [5.41, 5.74) is 2.78. The lowest BCUT2D eigenvalue weighted by atomic mass is 9.98. The van der Waals surface area contributed by atoms with Crippen LogP contribution in [-0.2, 0) is 0 Å². The van der Waals surface area contributed by atoms with Crippen LogP contribution in [0.4, 0.5) is 10.5 Å². The first kappa shape index (κ1) is 21.9. The number of nitrogens with one attached hydrogen (secondary N) is 2. The largest absolute Gasteiger partial charge is 0.338 e. The highest BCUT2D eigenvalue weighted by atomic mass is 32.1. The maximum Gasteiger partial charge on any atom is 0.317 e. The van der Waals surface area contributed by atoms with Gasteiger partial charge in [0.05, 0.1) is 16.4 Å². The second-order valence-corrected chi connectivity index (χ2v) is 8.73. The standard InChI is InChI=1S/C22H27N7O2S/c1-4-23-22(31)28-10-7-16(8-11-28)21-26-18(13-32-21)20(30)25-17-6-5-9-24-19(17)29-15(3)12-14(2)27-29/h5-6,9,12-13,16H,4,7-8,10-11H2,1-3H3,(H,23,31)(H,25,30). The van der Waals surface area contributed by atoms with Crippen molar-refractivity contribution in [3.05, 3.63) is 51.9 Å². The highest BCUT2D eigenvalue weighted by molar-refractivity contribution is 7.10. The Bertz CT molecular complexity index is 1120.